The number of nitrogens with one attached hydrogen (secondary N) is 1. The SMILES string of the molecule is Cc1oc2ccccc2c1C(=O)N1CCC(CNS(C)(=O)=O)CC1. The molecule has 24 heavy (non-hydrogen) atoms. The summed E-state index contributed by atoms with van der Waals surface area (Å²) in [4.78, 5) is 14.7. The van der Waals surface area contributed by atoms with Gasteiger partial charge in [-0.05, 0) is 31.7 Å². The molecule has 0 spiro atoms. The van der Waals surface area contributed by atoms with Gasteiger partial charge in [0.2, 0.25) is 10.0 Å². The van der Waals surface area contributed by atoms with Gasteiger partial charge < -0.3 is 9.32 Å². The Labute approximate surface area is 141 Å². The summed E-state index contributed by atoms with van der Waals surface area (Å²) in [5, 5.41) is 0.848. The van der Waals surface area contributed by atoms with Crippen LogP contribution in [0.5, 0.6) is 0 Å². The van der Waals surface area contributed by atoms with Crippen molar-refractivity contribution in [3.8, 4) is 0 Å². The molecule has 130 valence electrons. The van der Waals surface area contributed by atoms with Crippen molar-refractivity contribution >= 4 is 26.9 Å². The Morgan fingerprint density at radius 3 is 2.62 bits per heavy atom. The minimum absolute atomic E-state index is 0.00743. The Balaban J connectivity index is 1.68. The molecule has 1 aromatic carbocycles. The van der Waals surface area contributed by atoms with E-state index in [1.807, 2.05) is 36.1 Å². The topological polar surface area (TPSA) is 79.6 Å². The van der Waals surface area contributed by atoms with Crippen molar-refractivity contribution in [3.63, 3.8) is 0 Å². The van der Waals surface area contributed by atoms with Gasteiger partial charge in [0, 0.05) is 25.0 Å². The third kappa shape index (κ3) is 3.62. The summed E-state index contributed by atoms with van der Waals surface area (Å²) in [6.07, 6.45) is 2.75. The van der Waals surface area contributed by atoms with Crippen molar-refractivity contribution in [2.75, 3.05) is 25.9 Å². The van der Waals surface area contributed by atoms with Crippen LogP contribution in [0.15, 0.2) is 28.7 Å². The van der Waals surface area contributed by atoms with Crippen LogP contribution < -0.4 is 4.72 Å². The molecule has 3 rings (SSSR count). The quantitative estimate of drug-likeness (QED) is 0.916. The number of aryl methyl sites for hydroxylation is 1. The fourth-order valence-electron chi connectivity index (χ4n) is 3.20. The van der Waals surface area contributed by atoms with E-state index in [2.05, 4.69) is 4.72 Å². The van der Waals surface area contributed by atoms with E-state index in [4.69, 9.17) is 4.42 Å². The second-order valence-electron chi connectivity index (χ2n) is 6.39. The number of benzene rings is 1. The van der Waals surface area contributed by atoms with Gasteiger partial charge in [0.25, 0.3) is 5.91 Å². The molecule has 6 nitrogen and oxygen atoms in total. The third-order valence-electron chi connectivity index (χ3n) is 4.52. The molecule has 2 aromatic rings. The number of nitrogens with zero attached hydrogens (tertiary/aromatic N) is 1. The van der Waals surface area contributed by atoms with Gasteiger partial charge in [0.05, 0.1) is 11.8 Å². The summed E-state index contributed by atoms with van der Waals surface area (Å²) in [7, 11) is -3.16. The molecule has 0 atom stereocenters. The van der Waals surface area contributed by atoms with Crippen LogP contribution in [-0.4, -0.2) is 45.1 Å². The van der Waals surface area contributed by atoms with Crippen molar-refractivity contribution in [3.05, 3.63) is 35.6 Å². The molecule has 1 amide bonds. The number of likely N-dealkylation sites (tertiary alicyclic amines) is 1. The van der Waals surface area contributed by atoms with E-state index in [0.29, 0.717) is 31.0 Å². The first-order valence-electron chi connectivity index (χ1n) is 8.07. The molecule has 1 fully saturated rings. The molecule has 1 aliphatic heterocycles. The van der Waals surface area contributed by atoms with Gasteiger partial charge in [-0.3, -0.25) is 4.79 Å². The smallest absolute Gasteiger partial charge is 0.258 e. The van der Waals surface area contributed by atoms with Crippen LogP contribution in [-0.2, 0) is 10.0 Å². The second-order valence-corrected chi connectivity index (χ2v) is 8.22. The summed E-state index contributed by atoms with van der Waals surface area (Å²) < 4.78 is 30.6. The number of furan rings is 1. The van der Waals surface area contributed by atoms with E-state index < -0.39 is 10.0 Å². The summed E-state index contributed by atoms with van der Waals surface area (Å²) >= 11 is 0. The zero-order valence-electron chi connectivity index (χ0n) is 13.9. The Morgan fingerprint density at radius 2 is 1.96 bits per heavy atom. The van der Waals surface area contributed by atoms with Gasteiger partial charge in [0.15, 0.2) is 0 Å². The lowest BCUT2D eigenvalue weighted by atomic mass is 9.96. The molecule has 1 saturated heterocycles. The Bertz CT molecular complexity index is 849. The largest absolute Gasteiger partial charge is 0.461 e. The molecule has 0 saturated carbocycles. The summed E-state index contributed by atoms with van der Waals surface area (Å²) in [5.74, 6) is 0.903. The van der Waals surface area contributed by atoms with E-state index in [-0.39, 0.29) is 11.8 Å². The van der Waals surface area contributed by atoms with Crippen LogP contribution >= 0.6 is 0 Å². The molecule has 0 bridgehead atoms. The molecule has 1 aliphatic rings. The zero-order valence-corrected chi connectivity index (χ0v) is 14.7. The van der Waals surface area contributed by atoms with Crippen molar-refractivity contribution in [2.45, 2.75) is 19.8 Å². The van der Waals surface area contributed by atoms with Crippen LogP contribution in [0.4, 0.5) is 0 Å². The van der Waals surface area contributed by atoms with Crippen molar-refractivity contribution in [1.29, 1.82) is 0 Å². The maximum absolute atomic E-state index is 12.9. The van der Waals surface area contributed by atoms with E-state index >= 15 is 0 Å². The lowest BCUT2D eigenvalue weighted by molar-refractivity contribution is 0.0692. The monoisotopic (exact) mass is 350 g/mol. The van der Waals surface area contributed by atoms with E-state index in [1.165, 1.54) is 6.26 Å². The normalized spacial score (nSPS) is 16.7. The average molecular weight is 350 g/mol. The summed E-state index contributed by atoms with van der Waals surface area (Å²) in [6.45, 7) is 3.52. The fourth-order valence-corrected chi connectivity index (χ4v) is 3.74. The first-order chi connectivity index (χ1) is 11.3. The highest BCUT2D eigenvalue weighted by Gasteiger charge is 2.27. The minimum Gasteiger partial charge on any atom is -0.461 e. The van der Waals surface area contributed by atoms with Gasteiger partial charge >= 0.3 is 0 Å². The van der Waals surface area contributed by atoms with Crippen LogP contribution in [0, 0.1) is 12.8 Å². The first kappa shape index (κ1) is 17.0. The van der Waals surface area contributed by atoms with Gasteiger partial charge in [-0.25, -0.2) is 13.1 Å². The maximum atomic E-state index is 12.9. The predicted octanol–water partition coefficient (Wildman–Crippen LogP) is 2.14. The summed E-state index contributed by atoms with van der Waals surface area (Å²) in [5.41, 5.74) is 1.36. The molecule has 0 unspecified atom stereocenters. The van der Waals surface area contributed by atoms with Crippen molar-refractivity contribution in [2.24, 2.45) is 5.92 Å². The summed E-state index contributed by atoms with van der Waals surface area (Å²) in [6, 6.07) is 7.56. The van der Waals surface area contributed by atoms with Crippen LogP contribution in [0.25, 0.3) is 11.0 Å². The zero-order chi connectivity index (χ0) is 17.3. The molecule has 7 heteroatoms. The lowest BCUT2D eigenvalue weighted by Crippen LogP contribution is -2.41. The molecular weight excluding hydrogens is 328 g/mol. The van der Waals surface area contributed by atoms with E-state index in [0.717, 1.165) is 23.8 Å². The Hall–Kier alpha value is -1.86. The third-order valence-corrected chi connectivity index (χ3v) is 5.21. The number of para-hydroxylation sites is 1. The highest BCUT2D eigenvalue weighted by Crippen LogP contribution is 2.28. The standard InChI is InChI=1S/C17H22N2O4S/c1-12-16(14-5-3-4-6-15(14)23-12)17(20)19-9-7-13(8-10-19)11-18-24(2,21)22/h3-6,13,18H,7-11H2,1-2H3. The van der Waals surface area contributed by atoms with Crippen LogP contribution in [0.1, 0.15) is 29.0 Å². The van der Waals surface area contributed by atoms with Gasteiger partial charge in [-0.1, -0.05) is 18.2 Å². The second kappa shape index (κ2) is 6.57. The highest BCUT2D eigenvalue weighted by molar-refractivity contribution is 7.88. The minimum atomic E-state index is -3.16. The van der Waals surface area contributed by atoms with E-state index in [1.54, 1.807) is 0 Å². The van der Waals surface area contributed by atoms with E-state index in [9.17, 15) is 13.2 Å². The van der Waals surface area contributed by atoms with Crippen molar-refractivity contribution < 1.29 is 17.6 Å². The number of piperidine rings is 1. The molecule has 0 aliphatic carbocycles. The first-order valence-corrected chi connectivity index (χ1v) is 9.96. The number of amides is 1. The van der Waals surface area contributed by atoms with Crippen molar-refractivity contribution in [1.82, 2.24) is 9.62 Å². The van der Waals surface area contributed by atoms with Crippen LogP contribution in [0.3, 0.4) is 0 Å². The predicted molar refractivity (Wildman–Crippen MR) is 92.4 cm³/mol. The fraction of sp³-hybridized carbons (Fsp3) is 0.471. The number of hydrogen-bond acceptors (Lipinski definition) is 4. The number of carbonyl (C=O) groups is 1. The van der Waals surface area contributed by atoms with Crippen LogP contribution in [0.2, 0.25) is 0 Å². The molecule has 2 heterocycles. The molecular formula is C17H22N2O4S. The van der Waals surface area contributed by atoms with Gasteiger partial charge in [-0.2, -0.15) is 0 Å². The number of carbonyl (C=O) groups excluding carboxylic acids is 1. The Kier molecular flexibility index (Phi) is 4.64. The maximum Gasteiger partial charge on any atom is 0.258 e. The molecule has 0 radical (unpaired) electrons. The number of sulfonamides is 1. The highest BCUT2D eigenvalue weighted by atomic mass is 32.2. The molecule has 1 aromatic heterocycles. The number of hydrogen-bond donors (Lipinski definition) is 1. The number of rotatable bonds is 4. The lowest BCUT2D eigenvalue weighted by Gasteiger charge is -2.32. The Morgan fingerprint density at radius 1 is 1.29 bits per heavy atom. The number of fused-ring (bicyclic) bond motifs is 1. The molecule has 1 N–H and O–H groups in total. The van der Waals surface area contributed by atoms with Gasteiger partial charge in [0.1, 0.15) is 11.3 Å². The van der Waals surface area contributed by atoms with Gasteiger partial charge in [-0.15, -0.1) is 0 Å². The average Bonchev–Trinajstić information content (AvgIpc) is 2.88.